The Kier molecular flexibility index (Phi) is 3.47. The SMILES string of the molecule is Cc1ccn([C@@H](C)[C@@H]2CCCN2CC(=O)O)n1. The minimum Gasteiger partial charge on any atom is -0.480 e. The van der Waals surface area contributed by atoms with Crippen LogP contribution >= 0.6 is 0 Å². The summed E-state index contributed by atoms with van der Waals surface area (Å²) in [5.41, 5.74) is 1.000. The summed E-state index contributed by atoms with van der Waals surface area (Å²) >= 11 is 0. The number of aliphatic carboxylic acids is 1. The van der Waals surface area contributed by atoms with Gasteiger partial charge in [-0.25, -0.2) is 0 Å². The van der Waals surface area contributed by atoms with Crippen LogP contribution in [-0.2, 0) is 4.79 Å². The van der Waals surface area contributed by atoms with Crippen LogP contribution in [0.4, 0.5) is 0 Å². The van der Waals surface area contributed by atoms with E-state index in [-0.39, 0.29) is 18.6 Å². The van der Waals surface area contributed by atoms with Gasteiger partial charge in [0.05, 0.1) is 18.3 Å². The molecule has 2 atom stereocenters. The van der Waals surface area contributed by atoms with Crippen molar-refractivity contribution in [3.8, 4) is 0 Å². The average Bonchev–Trinajstić information content (AvgIpc) is 2.85. The lowest BCUT2D eigenvalue weighted by Crippen LogP contribution is -2.39. The molecule has 5 nitrogen and oxygen atoms in total. The Labute approximate surface area is 101 Å². The van der Waals surface area contributed by atoms with Crippen LogP contribution in [0.2, 0.25) is 0 Å². The van der Waals surface area contributed by atoms with Gasteiger partial charge in [0.2, 0.25) is 0 Å². The molecule has 1 aliphatic heterocycles. The lowest BCUT2D eigenvalue weighted by Gasteiger charge is -2.28. The molecule has 2 rings (SSSR count). The normalized spacial score (nSPS) is 22.8. The molecule has 94 valence electrons. The third kappa shape index (κ3) is 2.66. The third-order valence-electron chi connectivity index (χ3n) is 3.47. The Morgan fingerprint density at radius 3 is 3.06 bits per heavy atom. The van der Waals surface area contributed by atoms with E-state index in [1.807, 2.05) is 28.8 Å². The Bertz CT molecular complexity index is 402. The predicted octanol–water partition coefficient (Wildman–Crippen LogP) is 1.30. The van der Waals surface area contributed by atoms with Crippen LogP contribution in [0.25, 0.3) is 0 Å². The number of carboxylic acids is 1. The van der Waals surface area contributed by atoms with E-state index in [1.165, 1.54) is 0 Å². The summed E-state index contributed by atoms with van der Waals surface area (Å²) in [5, 5.41) is 13.3. The van der Waals surface area contributed by atoms with E-state index in [2.05, 4.69) is 12.0 Å². The van der Waals surface area contributed by atoms with Crippen LogP contribution in [-0.4, -0.2) is 44.9 Å². The van der Waals surface area contributed by atoms with Crippen LogP contribution < -0.4 is 0 Å². The van der Waals surface area contributed by atoms with E-state index in [0.717, 1.165) is 25.1 Å². The molecule has 0 aliphatic carbocycles. The molecular formula is C12H19N3O2. The fourth-order valence-electron chi connectivity index (χ4n) is 2.60. The molecular weight excluding hydrogens is 218 g/mol. The van der Waals surface area contributed by atoms with Crippen molar-refractivity contribution in [2.45, 2.75) is 38.8 Å². The summed E-state index contributed by atoms with van der Waals surface area (Å²) in [7, 11) is 0. The van der Waals surface area contributed by atoms with E-state index >= 15 is 0 Å². The molecule has 1 saturated heterocycles. The molecule has 0 aromatic carbocycles. The Balaban J connectivity index is 2.07. The summed E-state index contributed by atoms with van der Waals surface area (Å²) in [6.45, 7) is 5.08. The van der Waals surface area contributed by atoms with Crippen LogP contribution in [0.5, 0.6) is 0 Å². The van der Waals surface area contributed by atoms with E-state index in [0.29, 0.717) is 0 Å². The van der Waals surface area contributed by atoms with Crippen LogP contribution in [0.15, 0.2) is 12.3 Å². The zero-order valence-electron chi connectivity index (χ0n) is 10.3. The smallest absolute Gasteiger partial charge is 0.317 e. The van der Waals surface area contributed by atoms with Gasteiger partial charge in [0.1, 0.15) is 0 Å². The first-order valence-corrected chi connectivity index (χ1v) is 6.05. The number of aryl methyl sites for hydroxylation is 1. The lowest BCUT2D eigenvalue weighted by atomic mass is 10.1. The van der Waals surface area contributed by atoms with E-state index in [4.69, 9.17) is 5.11 Å². The molecule has 1 fully saturated rings. The molecule has 0 bridgehead atoms. The molecule has 1 aliphatic rings. The standard InChI is InChI=1S/C12H19N3O2/c1-9-5-7-15(13-9)10(2)11-4-3-6-14(11)8-12(16)17/h5,7,10-11H,3-4,6,8H2,1-2H3,(H,16,17)/t10-,11-/m0/s1. The number of aromatic nitrogens is 2. The topological polar surface area (TPSA) is 58.4 Å². The first-order chi connectivity index (χ1) is 8.08. The van der Waals surface area contributed by atoms with Crippen LogP contribution in [0.1, 0.15) is 31.5 Å². The highest BCUT2D eigenvalue weighted by atomic mass is 16.4. The maximum atomic E-state index is 10.8. The number of hydrogen-bond acceptors (Lipinski definition) is 3. The molecule has 1 N–H and O–H groups in total. The quantitative estimate of drug-likeness (QED) is 0.857. The monoisotopic (exact) mass is 237 g/mol. The summed E-state index contributed by atoms with van der Waals surface area (Å²) in [6.07, 6.45) is 4.09. The maximum absolute atomic E-state index is 10.8. The van der Waals surface area contributed by atoms with Crippen LogP contribution in [0.3, 0.4) is 0 Å². The Hall–Kier alpha value is -1.36. The highest BCUT2D eigenvalue weighted by Crippen LogP contribution is 2.26. The van der Waals surface area contributed by atoms with Gasteiger partial charge in [-0.2, -0.15) is 5.10 Å². The van der Waals surface area contributed by atoms with Gasteiger partial charge in [0.15, 0.2) is 0 Å². The summed E-state index contributed by atoms with van der Waals surface area (Å²) in [4.78, 5) is 12.8. The summed E-state index contributed by atoms with van der Waals surface area (Å²) in [6, 6.07) is 2.49. The molecule has 0 unspecified atom stereocenters. The van der Waals surface area contributed by atoms with Gasteiger partial charge in [-0.3, -0.25) is 14.4 Å². The minimum atomic E-state index is -0.749. The Morgan fingerprint density at radius 1 is 1.71 bits per heavy atom. The second-order valence-electron chi connectivity index (χ2n) is 4.75. The van der Waals surface area contributed by atoms with E-state index in [1.54, 1.807) is 0 Å². The maximum Gasteiger partial charge on any atom is 0.317 e. The minimum absolute atomic E-state index is 0.134. The fraction of sp³-hybridized carbons (Fsp3) is 0.667. The number of hydrogen-bond donors (Lipinski definition) is 1. The van der Waals surface area contributed by atoms with Gasteiger partial charge in [-0.1, -0.05) is 0 Å². The van der Waals surface area contributed by atoms with Crippen molar-refractivity contribution >= 4 is 5.97 Å². The first kappa shape index (κ1) is 12.1. The van der Waals surface area contributed by atoms with Gasteiger partial charge in [-0.15, -0.1) is 0 Å². The van der Waals surface area contributed by atoms with Crippen molar-refractivity contribution in [3.63, 3.8) is 0 Å². The van der Waals surface area contributed by atoms with Crippen molar-refractivity contribution in [1.82, 2.24) is 14.7 Å². The van der Waals surface area contributed by atoms with Gasteiger partial charge >= 0.3 is 5.97 Å². The molecule has 1 aromatic rings. The number of carbonyl (C=O) groups is 1. The zero-order valence-corrected chi connectivity index (χ0v) is 10.3. The van der Waals surface area contributed by atoms with Crippen molar-refractivity contribution in [3.05, 3.63) is 18.0 Å². The highest BCUT2D eigenvalue weighted by Gasteiger charge is 2.31. The number of likely N-dealkylation sites (tertiary alicyclic amines) is 1. The summed E-state index contributed by atoms with van der Waals surface area (Å²) in [5.74, 6) is -0.749. The molecule has 2 heterocycles. The number of nitrogens with zero attached hydrogens (tertiary/aromatic N) is 3. The molecule has 0 spiro atoms. The molecule has 1 aromatic heterocycles. The van der Waals surface area contributed by atoms with Crippen molar-refractivity contribution < 1.29 is 9.90 Å². The zero-order chi connectivity index (χ0) is 12.4. The first-order valence-electron chi connectivity index (χ1n) is 6.05. The predicted molar refractivity (Wildman–Crippen MR) is 63.9 cm³/mol. The van der Waals surface area contributed by atoms with Gasteiger partial charge in [-0.05, 0) is 39.3 Å². The van der Waals surface area contributed by atoms with Crippen molar-refractivity contribution in [2.24, 2.45) is 0 Å². The molecule has 0 radical (unpaired) electrons. The van der Waals surface area contributed by atoms with Crippen molar-refractivity contribution in [1.29, 1.82) is 0 Å². The average molecular weight is 237 g/mol. The van der Waals surface area contributed by atoms with E-state index < -0.39 is 5.97 Å². The van der Waals surface area contributed by atoms with E-state index in [9.17, 15) is 4.79 Å². The lowest BCUT2D eigenvalue weighted by molar-refractivity contribution is -0.138. The van der Waals surface area contributed by atoms with Crippen molar-refractivity contribution in [2.75, 3.05) is 13.1 Å². The number of rotatable bonds is 4. The highest BCUT2D eigenvalue weighted by molar-refractivity contribution is 5.69. The molecule has 5 heteroatoms. The van der Waals surface area contributed by atoms with Crippen LogP contribution in [0, 0.1) is 6.92 Å². The largest absolute Gasteiger partial charge is 0.480 e. The second-order valence-corrected chi connectivity index (χ2v) is 4.75. The van der Waals surface area contributed by atoms with Gasteiger partial charge in [0.25, 0.3) is 0 Å². The number of carboxylic acid groups (broad SMARTS) is 1. The Morgan fingerprint density at radius 2 is 2.47 bits per heavy atom. The van der Waals surface area contributed by atoms with Gasteiger partial charge < -0.3 is 5.11 Å². The second kappa shape index (κ2) is 4.87. The summed E-state index contributed by atoms with van der Waals surface area (Å²) < 4.78 is 1.94. The third-order valence-corrected chi connectivity index (χ3v) is 3.47. The fourth-order valence-corrected chi connectivity index (χ4v) is 2.60. The van der Waals surface area contributed by atoms with Gasteiger partial charge in [0, 0.05) is 12.2 Å². The molecule has 0 amide bonds. The molecule has 17 heavy (non-hydrogen) atoms. The molecule has 0 saturated carbocycles.